The van der Waals surface area contributed by atoms with E-state index in [2.05, 4.69) is 35.8 Å². The zero-order chi connectivity index (χ0) is 10.6. The SMILES string of the molecule is C1=CC=CSSSSSSCCCC=C1. The predicted molar refractivity (Wildman–Crippen MR) is 87.1 cm³/mol. The molecule has 0 saturated heterocycles. The standard InChI is InChI=1S/C9H12S6/c1-2-4-6-8-10-12-14-15-13-11-9-7-5-3-1/h1-4,6,8H,5,7,9H2. The second-order valence-electron chi connectivity index (χ2n) is 2.47. The maximum atomic E-state index is 2.24. The second kappa shape index (κ2) is 11.8. The summed E-state index contributed by atoms with van der Waals surface area (Å²) < 4.78 is 0. The Morgan fingerprint density at radius 2 is 1.67 bits per heavy atom. The average Bonchev–Trinajstić information content (AvgIpc) is 2.27. The molecule has 0 radical (unpaired) electrons. The Hall–Kier alpha value is 1.32. The van der Waals surface area contributed by atoms with E-state index in [1.807, 2.05) is 50.1 Å². The molecule has 1 rings (SSSR count). The minimum absolute atomic E-state index is 1.18. The minimum Gasteiger partial charge on any atom is -0.0845 e. The van der Waals surface area contributed by atoms with Gasteiger partial charge in [0.1, 0.15) is 0 Å². The number of allylic oxidation sites excluding steroid dienone is 5. The molecule has 0 saturated carbocycles. The molecule has 0 fully saturated rings. The topological polar surface area (TPSA) is 0 Å². The van der Waals surface area contributed by atoms with Gasteiger partial charge in [-0.1, -0.05) is 52.0 Å². The second-order valence-corrected chi connectivity index (χ2v) is 11.9. The largest absolute Gasteiger partial charge is 0.0845 e. The van der Waals surface area contributed by atoms with E-state index in [4.69, 9.17) is 0 Å². The highest BCUT2D eigenvalue weighted by molar-refractivity contribution is 9.42. The summed E-state index contributed by atoms with van der Waals surface area (Å²) in [7, 11) is 11.1. The summed E-state index contributed by atoms with van der Waals surface area (Å²) in [5.74, 6) is 1.24. The Morgan fingerprint density at radius 3 is 2.67 bits per heavy atom. The number of hydrogen-bond acceptors (Lipinski definition) is 6. The normalized spacial score (nSPS) is 20.8. The van der Waals surface area contributed by atoms with Gasteiger partial charge in [-0.05, 0) is 57.6 Å². The molecule has 0 aromatic heterocycles. The van der Waals surface area contributed by atoms with E-state index >= 15 is 0 Å². The summed E-state index contributed by atoms with van der Waals surface area (Å²) in [5.41, 5.74) is 0. The Kier molecular flexibility index (Phi) is 11.3. The molecule has 0 N–H and O–H groups in total. The minimum atomic E-state index is 1.18. The summed E-state index contributed by atoms with van der Waals surface area (Å²) in [6.45, 7) is 0. The van der Waals surface area contributed by atoms with Gasteiger partial charge in [0.15, 0.2) is 0 Å². The third kappa shape index (κ3) is 10.2. The van der Waals surface area contributed by atoms with Crippen molar-refractivity contribution in [2.24, 2.45) is 0 Å². The van der Waals surface area contributed by atoms with Crippen molar-refractivity contribution < 1.29 is 0 Å². The molecule has 0 atom stereocenters. The van der Waals surface area contributed by atoms with Crippen LogP contribution in [0.4, 0.5) is 0 Å². The number of rotatable bonds is 0. The maximum absolute atomic E-state index is 2.24. The van der Waals surface area contributed by atoms with Crippen LogP contribution in [0, 0.1) is 0 Å². The lowest BCUT2D eigenvalue weighted by Crippen LogP contribution is -1.72. The fourth-order valence-electron chi connectivity index (χ4n) is 0.756. The van der Waals surface area contributed by atoms with Crippen molar-refractivity contribution in [1.82, 2.24) is 0 Å². The molecule has 0 spiro atoms. The first-order valence-corrected chi connectivity index (χ1v) is 12.1. The lowest BCUT2D eigenvalue weighted by molar-refractivity contribution is 0.975. The third-order valence-corrected chi connectivity index (χ3v) is 11.9. The third-order valence-electron chi connectivity index (χ3n) is 1.37. The monoisotopic (exact) mass is 312 g/mol. The van der Waals surface area contributed by atoms with E-state index in [1.165, 1.54) is 18.6 Å². The highest BCUT2D eigenvalue weighted by Crippen LogP contribution is 2.52. The first kappa shape index (κ1) is 14.4. The quantitative estimate of drug-likeness (QED) is 0.472. The average molecular weight is 313 g/mol. The highest BCUT2D eigenvalue weighted by atomic mass is 33.9. The summed E-state index contributed by atoms with van der Waals surface area (Å²) in [6, 6.07) is 0. The Bertz CT molecular complexity index is 201. The smallest absolute Gasteiger partial charge is 0.00483 e. The highest BCUT2D eigenvalue weighted by Gasteiger charge is 1.93. The molecule has 0 bridgehead atoms. The van der Waals surface area contributed by atoms with Gasteiger partial charge in [-0.2, -0.15) is 0 Å². The van der Waals surface area contributed by atoms with Gasteiger partial charge < -0.3 is 0 Å². The van der Waals surface area contributed by atoms with Gasteiger partial charge >= 0.3 is 0 Å². The lowest BCUT2D eigenvalue weighted by atomic mass is 10.3. The van der Waals surface area contributed by atoms with Gasteiger partial charge in [0.05, 0.1) is 0 Å². The van der Waals surface area contributed by atoms with Crippen LogP contribution in [0.3, 0.4) is 0 Å². The summed E-state index contributed by atoms with van der Waals surface area (Å²) >= 11 is 0. The lowest BCUT2D eigenvalue weighted by Gasteiger charge is -1.97. The number of hydrogen-bond donors (Lipinski definition) is 0. The molecular weight excluding hydrogens is 301 g/mol. The molecule has 0 aromatic rings. The fraction of sp³-hybridized carbons (Fsp3) is 0.333. The van der Waals surface area contributed by atoms with Crippen molar-refractivity contribution in [1.29, 1.82) is 0 Å². The maximum Gasteiger partial charge on any atom is 0.00483 e. The molecule has 0 aliphatic carbocycles. The summed E-state index contributed by atoms with van der Waals surface area (Å²) in [5, 5.41) is 2.11. The first-order chi connectivity index (χ1) is 7.50. The molecule has 0 amide bonds. The fourth-order valence-corrected chi connectivity index (χ4v) is 11.6. The molecule has 84 valence electrons. The zero-order valence-electron chi connectivity index (χ0n) is 8.03. The summed E-state index contributed by atoms with van der Waals surface area (Å²) in [4.78, 5) is 0. The van der Waals surface area contributed by atoms with Crippen LogP contribution in [-0.4, -0.2) is 5.75 Å². The van der Waals surface area contributed by atoms with Gasteiger partial charge in [0.25, 0.3) is 0 Å². The van der Waals surface area contributed by atoms with Gasteiger partial charge in [-0.25, -0.2) is 0 Å². The Labute approximate surface area is 114 Å². The van der Waals surface area contributed by atoms with Crippen LogP contribution in [-0.2, 0) is 0 Å². The van der Waals surface area contributed by atoms with Crippen molar-refractivity contribution in [3.05, 3.63) is 35.8 Å². The van der Waals surface area contributed by atoms with Gasteiger partial charge in [-0.15, -0.1) is 0 Å². The molecule has 0 nitrogen and oxygen atoms in total. The molecule has 6 heteroatoms. The molecular formula is C9H12S6. The van der Waals surface area contributed by atoms with Crippen molar-refractivity contribution in [3.63, 3.8) is 0 Å². The van der Waals surface area contributed by atoms with E-state index in [9.17, 15) is 0 Å². The zero-order valence-corrected chi connectivity index (χ0v) is 12.9. The predicted octanol–water partition coefficient (Wildman–Crippen LogP) is 6.38. The Morgan fingerprint density at radius 1 is 0.800 bits per heavy atom. The van der Waals surface area contributed by atoms with Crippen LogP contribution in [0.25, 0.3) is 0 Å². The molecule has 1 aliphatic rings. The van der Waals surface area contributed by atoms with E-state index in [0.29, 0.717) is 0 Å². The van der Waals surface area contributed by atoms with Crippen LogP contribution in [0.5, 0.6) is 0 Å². The van der Waals surface area contributed by atoms with Crippen LogP contribution < -0.4 is 0 Å². The van der Waals surface area contributed by atoms with E-state index in [0.717, 1.165) is 0 Å². The molecule has 0 aromatic carbocycles. The van der Waals surface area contributed by atoms with Crippen LogP contribution in [0.1, 0.15) is 12.8 Å². The van der Waals surface area contributed by atoms with Crippen molar-refractivity contribution >= 4 is 60.9 Å². The first-order valence-electron chi connectivity index (χ1n) is 4.43. The van der Waals surface area contributed by atoms with E-state index in [1.54, 1.807) is 10.8 Å². The molecule has 15 heavy (non-hydrogen) atoms. The van der Waals surface area contributed by atoms with Crippen molar-refractivity contribution in [3.8, 4) is 0 Å². The molecule has 1 heterocycles. The van der Waals surface area contributed by atoms with Crippen LogP contribution in [0.15, 0.2) is 35.8 Å². The van der Waals surface area contributed by atoms with Gasteiger partial charge in [0.2, 0.25) is 0 Å². The molecule has 1 aliphatic heterocycles. The van der Waals surface area contributed by atoms with Crippen molar-refractivity contribution in [2.75, 3.05) is 5.75 Å². The van der Waals surface area contributed by atoms with Crippen LogP contribution >= 0.6 is 60.9 Å². The van der Waals surface area contributed by atoms with Crippen molar-refractivity contribution in [2.45, 2.75) is 12.8 Å². The molecule has 0 unspecified atom stereocenters. The van der Waals surface area contributed by atoms with E-state index in [-0.39, 0.29) is 0 Å². The Balaban J connectivity index is 2.25. The summed E-state index contributed by atoms with van der Waals surface area (Å²) in [6.07, 6.45) is 13.1. The van der Waals surface area contributed by atoms with Gasteiger partial charge in [0, 0.05) is 5.75 Å². The van der Waals surface area contributed by atoms with Crippen LogP contribution in [0.2, 0.25) is 0 Å². The van der Waals surface area contributed by atoms with E-state index < -0.39 is 0 Å². The van der Waals surface area contributed by atoms with Gasteiger partial charge in [-0.3, -0.25) is 0 Å².